The standard InChI is InChI=1S/C37H41F9N4O2/c1-34(2)17-26-29(27(51)18-34)28(21-7-11-35(39,40)12-8-21)30(31(38)22-3-5-24(6-4-22)37(44,45)46)32(49-26)23-9-14-50(15-10-23)33-47-19-25(20-48-33)52-16-13-36(41,42)43/h3-6,19-21,23,27,31,51H,7-18H2,1-2H3/t27-,31-/m0/s1. The van der Waals surface area contributed by atoms with E-state index in [4.69, 9.17) is 9.72 Å². The highest BCUT2D eigenvalue weighted by atomic mass is 19.4. The maximum Gasteiger partial charge on any atom is 0.416 e. The van der Waals surface area contributed by atoms with Crippen LogP contribution in [0.25, 0.3) is 0 Å². The van der Waals surface area contributed by atoms with E-state index in [2.05, 4.69) is 9.97 Å². The number of halogens is 9. The van der Waals surface area contributed by atoms with Crippen LogP contribution in [0.3, 0.4) is 0 Å². The Morgan fingerprint density at radius 2 is 1.52 bits per heavy atom. The summed E-state index contributed by atoms with van der Waals surface area (Å²) in [6.45, 7) is 4.19. The van der Waals surface area contributed by atoms with Crippen LogP contribution in [-0.4, -0.2) is 51.9 Å². The second-order valence-electron chi connectivity index (χ2n) is 15.1. The van der Waals surface area contributed by atoms with E-state index in [1.807, 2.05) is 18.7 Å². The third-order valence-corrected chi connectivity index (χ3v) is 10.5. The number of nitrogens with zero attached hydrogens (tertiary/aromatic N) is 4. The minimum atomic E-state index is -4.63. The number of pyridine rings is 1. The van der Waals surface area contributed by atoms with Crippen molar-refractivity contribution in [1.29, 1.82) is 0 Å². The fraction of sp³-hybridized carbons (Fsp3) is 0.595. The zero-order valence-corrected chi connectivity index (χ0v) is 28.8. The first-order valence-electron chi connectivity index (χ1n) is 17.5. The van der Waals surface area contributed by atoms with Crippen molar-refractivity contribution in [2.45, 2.75) is 114 Å². The molecule has 2 atom stereocenters. The molecule has 3 aliphatic rings. The molecular formula is C37H41F9N4O2. The van der Waals surface area contributed by atoms with Crippen molar-refractivity contribution in [3.63, 3.8) is 0 Å². The highest BCUT2D eigenvalue weighted by Gasteiger charge is 2.44. The molecule has 3 heterocycles. The molecule has 6 nitrogen and oxygen atoms in total. The molecule has 0 bridgehead atoms. The molecule has 52 heavy (non-hydrogen) atoms. The van der Waals surface area contributed by atoms with Gasteiger partial charge in [-0.3, -0.25) is 4.98 Å². The first kappa shape index (κ1) is 38.1. The molecule has 3 aromatic rings. The number of hydrogen-bond acceptors (Lipinski definition) is 6. The Kier molecular flexibility index (Phi) is 10.5. The van der Waals surface area contributed by atoms with Crippen LogP contribution in [0.2, 0.25) is 0 Å². The summed E-state index contributed by atoms with van der Waals surface area (Å²) in [5.74, 6) is -3.32. The van der Waals surface area contributed by atoms with E-state index in [0.717, 1.165) is 24.3 Å². The summed E-state index contributed by atoms with van der Waals surface area (Å²) in [7, 11) is 0. The zero-order valence-electron chi connectivity index (χ0n) is 28.8. The lowest BCUT2D eigenvalue weighted by Gasteiger charge is -2.41. The van der Waals surface area contributed by atoms with Gasteiger partial charge in [-0.1, -0.05) is 26.0 Å². The van der Waals surface area contributed by atoms with Gasteiger partial charge in [0.05, 0.1) is 42.8 Å². The molecule has 1 saturated carbocycles. The molecule has 2 fully saturated rings. The second kappa shape index (κ2) is 14.3. The van der Waals surface area contributed by atoms with Gasteiger partial charge in [0, 0.05) is 48.7 Å². The average molecular weight is 745 g/mol. The van der Waals surface area contributed by atoms with Gasteiger partial charge in [0.1, 0.15) is 0 Å². The van der Waals surface area contributed by atoms with Gasteiger partial charge in [0.15, 0.2) is 11.9 Å². The normalized spacial score (nSPS) is 21.8. The molecule has 1 N–H and O–H groups in total. The number of anilines is 1. The minimum absolute atomic E-state index is 0.0348. The zero-order chi connectivity index (χ0) is 37.6. The Bertz CT molecular complexity index is 1690. The lowest BCUT2D eigenvalue weighted by molar-refractivity contribution is -0.139. The number of piperidine rings is 1. The predicted octanol–water partition coefficient (Wildman–Crippen LogP) is 9.96. The summed E-state index contributed by atoms with van der Waals surface area (Å²) in [6, 6.07) is 3.81. The number of aromatic nitrogens is 3. The molecule has 0 spiro atoms. The summed E-state index contributed by atoms with van der Waals surface area (Å²) < 4.78 is 129. The largest absolute Gasteiger partial charge is 0.490 e. The monoisotopic (exact) mass is 744 g/mol. The number of alkyl halides is 9. The lowest BCUT2D eigenvalue weighted by atomic mass is 9.68. The number of fused-ring (bicyclic) bond motifs is 1. The maximum atomic E-state index is 17.2. The van der Waals surface area contributed by atoms with Crippen molar-refractivity contribution in [3.05, 3.63) is 75.9 Å². The number of hydrogen-bond donors (Lipinski definition) is 1. The number of aliphatic hydroxyl groups excluding tert-OH is 1. The van der Waals surface area contributed by atoms with Crippen molar-refractivity contribution in [2.75, 3.05) is 24.6 Å². The van der Waals surface area contributed by atoms with Gasteiger partial charge < -0.3 is 14.7 Å². The molecule has 0 radical (unpaired) electrons. The van der Waals surface area contributed by atoms with Crippen LogP contribution in [0, 0.1) is 5.41 Å². The minimum Gasteiger partial charge on any atom is -0.490 e. The molecule has 2 aliphatic carbocycles. The molecule has 1 aromatic carbocycles. The van der Waals surface area contributed by atoms with Crippen LogP contribution in [0.4, 0.5) is 45.5 Å². The Labute approximate surface area is 295 Å². The quantitative estimate of drug-likeness (QED) is 0.232. The van der Waals surface area contributed by atoms with Crippen molar-refractivity contribution in [3.8, 4) is 5.75 Å². The smallest absolute Gasteiger partial charge is 0.416 e. The summed E-state index contributed by atoms with van der Waals surface area (Å²) in [4.78, 5) is 15.4. The van der Waals surface area contributed by atoms with E-state index in [-0.39, 0.29) is 41.1 Å². The molecule has 0 amide bonds. The Morgan fingerprint density at radius 1 is 0.904 bits per heavy atom. The Balaban J connectivity index is 1.36. The SMILES string of the molecule is CC1(C)Cc2nc(C3CCN(c4ncc(OCCC(F)(F)F)cn4)CC3)c([C@@H](F)c3ccc(C(F)(F)F)cc3)c(C3CCC(F)(F)CC3)c2[C@@H](O)C1. The number of benzene rings is 1. The highest BCUT2D eigenvalue weighted by Crippen LogP contribution is 2.52. The van der Waals surface area contributed by atoms with E-state index >= 15 is 4.39 Å². The molecule has 1 aliphatic heterocycles. The third-order valence-electron chi connectivity index (χ3n) is 10.5. The molecule has 0 unspecified atom stereocenters. The van der Waals surface area contributed by atoms with Crippen LogP contribution in [0.15, 0.2) is 36.7 Å². The third kappa shape index (κ3) is 8.60. The van der Waals surface area contributed by atoms with Crippen LogP contribution in [0.5, 0.6) is 5.75 Å². The molecule has 2 aromatic heterocycles. The summed E-state index contributed by atoms with van der Waals surface area (Å²) in [6.07, 6.45) is -9.52. The van der Waals surface area contributed by atoms with Gasteiger partial charge in [-0.25, -0.2) is 23.1 Å². The number of aliphatic hydroxyl groups is 1. The average Bonchev–Trinajstić information content (AvgIpc) is 3.06. The van der Waals surface area contributed by atoms with Gasteiger partial charge in [-0.15, -0.1) is 0 Å². The van der Waals surface area contributed by atoms with Crippen molar-refractivity contribution in [1.82, 2.24) is 15.0 Å². The van der Waals surface area contributed by atoms with E-state index in [1.54, 1.807) is 0 Å². The summed E-state index contributed by atoms with van der Waals surface area (Å²) in [5.41, 5.74) is 0.716. The van der Waals surface area contributed by atoms with E-state index in [0.29, 0.717) is 67.2 Å². The fourth-order valence-electron chi connectivity index (χ4n) is 7.90. The second-order valence-corrected chi connectivity index (χ2v) is 15.1. The van der Waals surface area contributed by atoms with Gasteiger partial charge in [0.2, 0.25) is 11.9 Å². The number of rotatable bonds is 8. The van der Waals surface area contributed by atoms with Gasteiger partial charge in [0.25, 0.3) is 0 Å². The van der Waals surface area contributed by atoms with Crippen molar-refractivity contribution < 1.29 is 49.4 Å². The van der Waals surface area contributed by atoms with Gasteiger partial charge in [-0.05, 0) is 73.1 Å². The van der Waals surface area contributed by atoms with Gasteiger partial charge in [-0.2, -0.15) is 26.3 Å². The predicted molar refractivity (Wildman–Crippen MR) is 174 cm³/mol. The van der Waals surface area contributed by atoms with Crippen LogP contribution < -0.4 is 9.64 Å². The van der Waals surface area contributed by atoms with E-state index in [9.17, 15) is 40.2 Å². The maximum absolute atomic E-state index is 17.2. The highest BCUT2D eigenvalue weighted by molar-refractivity contribution is 5.51. The van der Waals surface area contributed by atoms with Crippen LogP contribution >= 0.6 is 0 Å². The van der Waals surface area contributed by atoms with Crippen LogP contribution in [0.1, 0.15) is 129 Å². The fourth-order valence-corrected chi connectivity index (χ4v) is 7.90. The van der Waals surface area contributed by atoms with Crippen molar-refractivity contribution >= 4 is 5.95 Å². The molecule has 15 heteroatoms. The molecule has 6 rings (SSSR count). The Hall–Kier alpha value is -3.62. The summed E-state index contributed by atoms with van der Waals surface area (Å²) >= 11 is 0. The van der Waals surface area contributed by atoms with Gasteiger partial charge >= 0.3 is 12.4 Å². The lowest BCUT2D eigenvalue weighted by Crippen LogP contribution is -2.36. The van der Waals surface area contributed by atoms with E-state index < -0.39 is 67.9 Å². The molecular weight excluding hydrogens is 703 g/mol. The Morgan fingerprint density at radius 3 is 2.10 bits per heavy atom. The molecule has 1 saturated heterocycles. The summed E-state index contributed by atoms with van der Waals surface area (Å²) in [5, 5.41) is 11.6. The first-order chi connectivity index (χ1) is 24.3. The van der Waals surface area contributed by atoms with E-state index in [1.165, 1.54) is 12.4 Å². The molecule has 284 valence electrons. The van der Waals surface area contributed by atoms with Crippen LogP contribution in [-0.2, 0) is 12.6 Å². The number of ether oxygens (including phenoxy) is 1. The first-order valence-corrected chi connectivity index (χ1v) is 17.5. The van der Waals surface area contributed by atoms with Crippen molar-refractivity contribution in [2.24, 2.45) is 5.41 Å². The topological polar surface area (TPSA) is 71.4 Å².